The van der Waals surface area contributed by atoms with Crippen LogP contribution >= 0.6 is 0 Å². The van der Waals surface area contributed by atoms with E-state index >= 15 is 0 Å². The zero-order valence-electron chi connectivity index (χ0n) is 20.2. The Morgan fingerprint density at radius 2 is 1.52 bits per heavy atom. The molecule has 3 heteroatoms. The maximum Gasteiger partial charge on any atom is 0.319 e. The normalized spacial score (nSPS) is 18.7. The largest absolute Gasteiger partial charge is 0.534 e. The highest BCUT2D eigenvalue weighted by Crippen LogP contribution is 2.42. The van der Waals surface area contributed by atoms with Crippen LogP contribution in [-0.2, 0) is 16.6 Å². The summed E-state index contributed by atoms with van der Waals surface area (Å²) in [6.45, 7) is 9.14. The summed E-state index contributed by atoms with van der Waals surface area (Å²) < 4.78 is 7.22. The topological polar surface area (TPSA) is 26.3 Å². The van der Waals surface area contributed by atoms with Crippen LogP contribution in [0.1, 0.15) is 51.7 Å². The maximum atomic E-state index is 11.0. The Hall–Kier alpha value is -2.91. The molecule has 0 fully saturated rings. The molecular weight excluding hydrogens is 420 g/mol. The zero-order valence-corrected chi connectivity index (χ0v) is 21.2. The lowest BCUT2D eigenvalue weighted by Crippen LogP contribution is -2.68. The van der Waals surface area contributed by atoms with Crippen molar-refractivity contribution in [2.24, 2.45) is 0 Å². The molecule has 4 rings (SSSR count). The van der Waals surface area contributed by atoms with E-state index in [9.17, 15) is 4.79 Å². The molecule has 170 valence electrons. The smallest absolute Gasteiger partial charge is 0.319 e. The van der Waals surface area contributed by atoms with Crippen LogP contribution in [0.3, 0.4) is 0 Å². The Morgan fingerprint density at radius 3 is 2.06 bits per heavy atom. The van der Waals surface area contributed by atoms with Crippen molar-refractivity contribution in [2.75, 3.05) is 0 Å². The van der Waals surface area contributed by atoms with E-state index in [0.29, 0.717) is 0 Å². The third-order valence-corrected chi connectivity index (χ3v) is 12.0. The van der Waals surface area contributed by atoms with Gasteiger partial charge in [-0.3, -0.25) is 4.79 Å². The molecule has 0 saturated heterocycles. The number of aldehydes is 1. The van der Waals surface area contributed by atoms with Gasteiger partial charge < -0.3 is 4.43 Å². The highest BCUT2D eigenvalue weighted by Gasteiger charge is 2.52. The van der Waals surface area contributed by atoms with Crippen LogP contribution in [0.2, 0.25) is 5.04 Å². The van der Waals surface area contributed by atoms with Crippen LogP contribution in [0, 0.1) is 0 Å². The number of aryl methyl sites for hydroxylation is 1. The van der Waals surface area contributed by atoms with E-state index in [0.717, 1.165) is 31.3 Å². The number of fused-ring (bicyclic) bond motifs is 1. The van der Waals surface area contributed by atoms with Crippen molar-refractivity contribution in [3.63, 3.8) is 0 Å². The minimum absolute atomic E-state index is 0.0766. The minimum Gasteiger partial charge on any atom is -0.534 e. The van der Waals surface area contributed by atoms with Crippen LogP contribution in [0.5, 0.6) is 5.75 Å². The van der Waals surface area contributed by atoms with Gasteiger partial charge in [-0.05, 0) is 64.0 Å². The lowest BCUT2D eigenvalue weighted by molar-refractivity contribution is -0.104. The van der Waals surface area contributed by atoms with E-state index in [1.54, 1.807) is 6.08 Å². The zero-order chi connectivity index (χ0) is 23.5. The SMILES string of the molecule is CC1(/C=C/C=O)CCCc2cc(O[Si](c3ccccc3)(c3ccccc3)C(C)(C)C)ccc21. The predicted molar refractivity (Wildman–Crippen MR) is 140 cm³/mol. The second-order valence-corrected chi connectivity index (χ2v) is 14.6. The highest BCUT2D eigenvalue weighted by atomic mass is 28.4. The first-order valence-corrected chi connectivity index (χ1v) is 13.8. The third kappa shape index (κ3) is 4.34. The monoisotopic (exact) mass is 454 g/mol. The predicted octanol–water partition coefficient (Wildman–Crippen LogP) is 5.97. The molecule has 0 N–H and O–H groups in total. The molecule has 0 aliphatic heterocycles. The molecule has 0 saturated carbocycles. The van der Waals surface area contributed by atoms with E-state index in [4.69, 9.17) is 4.43 Å². The maximum absolute atomic E-state index is 11.0. The third-order valence-electron chi connectivity index (χ3n) is 7.06. The molecule has 2 nitrogen and oxygen atoms in total. The van der Waals surface area contributed by atoms with Gasteiger partial charge in [0.05, 0.1) is 0 Å². The Kier molecular flexibility index (Phi) is 6.44. The molecule has 33 heavy (non-hydrogen) atoms. The second-order valence-electron chi connectivity index (χ2n) is 10.4. The number of allylic oxidation sites excluding steroid dienone is 2. The fraction of sp³-hybridized carbons (Fsp3) is 0.300. The van der Waals surface area contributed by atoms with Gasteiger partial charge >= 0.3 is 8.32 Å². The number of carbonyl (C=O) groups is 1. The van der Waals surface area contributed by atoms with Crippen molar-refractivity contribution in [3.8, 4) is 5.75 Å². The second kappa shape index (κ2) is 9.15. The van der Waals surface area contributed by atoms with Crippen LogP contribution in [0.25, 0.3) is 0 Å². The van der Waals surface area contributed by atoms with Gasteiger partial charge in [-0.15, -0.1) is 0 Å². The summed E-state index contributed by atoms with van der Waals surface area (Å²) in [5.41, 5.74) is 2.53. The average Bonchev–Trinajstić information content (AvgIpc) is 2.82. The summed E-state index contributed by atoms with van der Waals surface area (Å²) in [6.07, 6.45) is 7.77. The van der Waals surface area contributed by atoms with Crippen molar-refractivity contribution in [2.45, 2.75) is 57.4 Å². The van der Waals surface area contributed by atoms with Crippen LogP contribution < -0.4 is 14.8 Å². The number of benzene rings is 3. The minimum atomic E-state index is -2.65. The molecule has 0 radical (unpaired) electrons. The molecule has 0 heterocycles. The van der Waals surface area contributed by atoms with E-state index in [1.807, 2.05) is 0 Å². The number of hydrogen-bond donors (Lipinski definition) is 0. The average molecular weight is 455 g/mol. The van der Waals surface area contributed by atoms with Crippen molar-refractivity contribution >= 4 is 25.0 Å². The molecular formula is C30H34O2Si. The van der Waals surface area contributed by atoms with E-state index in [1.165, 1.54) is 21.5 Å². The van der Waals surface area contributed by atoms with Crippen molar-refractivity contribution < 1.29 is 9.22 Å². The molecule has 0 bridgehead atoms. The summed E-state index contributed by atoms with van der Waals surface area (Å²) in [6, 6.07) is 28.1. The van der Waals surface area contributed by atoms with Gasteiger partial charge in [-0.2, -0.15) is 0 Å². The Bertz CT molecular complexity index is 1090. The fourth-order valence-electron chi connectivity index (χ4n) is 5.43. The summed E-state index contributed by atoms with van der Waals surface area (Å²) in [7, 11) is -2.65. The van der Waals surface area contributed by atoms with Gasteiger partial charge in [0.2, 0.25) is 0 Å². The quantitative estimate of drug-likeness (QED) is 0.260. The van der Waals surface area contributed by atoms with Crippen molar-refractivity contribution in [1.82, 2.24) is 0 Å². The van der Waals surface area contributed by atoms with Gasteiger partial charge in [0.15, 0.2) is 0 Å². The number of rotatable bonds is 6. The van der Waals surface area contributed by atoms with Gasteiger partial charge in [0, 0.05) is 5.41 Å². The van der Waals surface area contributed by atoms with E-state index < -0.39 is 8.32 Å². The molecule has 3 aromatic rings. The lowest BCUT2D eigenvalue weighted by atomic mass is 9.71. The molecule has 0 spiro atoms. The highest BCUT2D eigenvalue weighted by molar-refractivity contribution is 7.00. The summed E-state index contributed by atoms with van der Waals surface area (Å²) in [5, 5.41) is 2.48. The molecule has 3 aromatic carbocycles. The fourth-order valence-corrected chi connectivity index (χ4v) is 9.84. The van der Waals surface area contributed by atoms with E-state index in [2.05, 4.69) is 113 Å². The standard InChI is InChI=1S/C30H34O2Si/c1-29(2,3)33(26-14-7-5-8-15-26,27-16-9-6-10-17-27)32-25-18-19-28-24(23-25)13-11-20-30(28,4)21-12-22-31/h5-10,12,14-19,21-23H,11,13,20H2,1-4H3/b21-12+. The molecule has 1 aliphatic carbocycles. The van der Waals surface area contributed by atoms with Crippen LogP contribution in [0.15, 0.2) is 91.0 Å². The van der Waals surface area contributed by atoms with E-state index in [-0.39, 0.29) is 10.5 Å². The lowest BCUT2D eigenvalue weighted by Gasteiger charge is -2.43. The Morgan fingerprint density at radius 1 is 0.909 bits per heavy atom. The summed E-state index contributed by atoms with van der Waals surface area (Å²) in [4.78, 5) is 11.0. The van der Waals surface area contributed by atoms with Gasteiger partial charge in [0.25, 0.3) is 0 Å². The van der Waals surface area contributed by atoms with Gasteiger partial charge in [-0.1, -0.05) is 101 Å². The Balaban J connectivity index is 1.85. The number of carbonyl (C=O) groups excluding carboxylic acids is 1. The summed E-state index contributed by atoms with van der Waals surface area (Å²) >= 11 is 0. The first-order chi connectivity index (χ1) is 15.8. The van der Waals surface area contributed by atoms with Crippen LogP contribution in [0.4, 0.5) is 0 Å². The van der Waals surface area contributed by atoms with Gasteiger partial charge in [-0.25, -0.2) is 0 Å². The molecule has 1 atom stereocenters. The summed E-state index contributed by atoms with van der Waals surface area (Å²) in [5.74, 6) is 0.937. The molecule has 0 aromatic heterocycles. The first kappa shape index (κ1) is 23.3. The molecule has 0 amide bonds. The van der Waals surface area contributed by atoms with Crippen molar-refractivity contribution in [1.29, 1.82) is 0 Å². The van der Waals surface area contributed by atoms with Gasteiger partial charge in [0.1, 0.15) is 12.0 Å². The first-order valence-electron chi connectivity index (χ1n) is 11.9. The Labute approximate surface area is 199 Å². The molecule has 1 aliphatic rings. The number of hydrogen-bond acceptors (Lipinski definition) is 2. The van der Waals surface area contributed by atoms with Crippen LogP contribution in [-0.4, -0.2) is 14.6 Å². The molecule has 1 unspecified atom stereocenters. The van der Waals surface area contributed by atoms with Crippen molar-refractivity contribution in [3.05, 3.63) is 102 Å².